The molecule has 0 saturated heterocycles. The predicted molar refractivity (Wildman–Crippen MR) is 75.7 cm³/mol. The van der Waals surface area contributed by atoms with E-state index < -0.39 is 35.3 Å². The molecule has 1 atom stereocenters. The van der Waals surface area contributed by atoms with Crippen LogP contribution in [0.4, 0.5) is 5.95 Å². The molecule has 1 aromatic rings. The molecule has 0 amide bonds. The molecule has 10 nitrogen and oxygen atoms in total. The summed E-state index contributed by atoms with van der Waals surface area (Å²) in [6.45, 7) is 3.27. The third-order valence-electron chi connectivity index (χ3n) is 2.94. The van der Waals surface area contributed by atoms with Crippen molar-refractivity contribution in [3.63, 3.8) is 0 Å². The van der Waals surface area contributed by atoms with Gasteiger partial charge in [-0.25, -0.2) is 14.3 Å². The molecule has 2 heterocycles. The van der Waals surface area contributed by atoms with Crippen molar-refractivity contribution >= 4 is 29.4 Å². The third kappa shape index (κ3) is 2.78. The van der Waals surface area contributed by atoms with Crippen LogP contribution in [0.25, 0.3) is 0 Å². The second kappa shape index (κ2) is 5.91. The number of ketones is 2. The van der Waals surface area contributed by atoms with Crippen LogP contribution >= 0.6 is 0 Å². The van der Waals surface area contributed by atoms with Gasteiger partial charge in [0.15, 0.2) is 5.78 Å². The quantitative estimate of drug-likeness (QED) is 0.355. The summed E-state index contributed by atoms with van der Waals surface area (Å²) in [5, 5.41) is 24.6. The highest BCUT2D eigenvalue weighted by Crippen LogP contribution is 2.34. The molecule has 120 valence electrons. The van der Waals surface area contributed by atoms with Crippen LogP contribution in [-0.2, 0) is 19.1 Å². The summed E-state index contributed by atoms with van der Waals surface area (Å²) in [6.07, 6.45) is 1.16. The summed E-state index contributed by atoms with van der Waals surface area (Å²) < 4.78 is 5.20. The van der Waals surface area contributed by atoms with Gasteiger partial charge in [0, 0.05) is 0 Å². The van der Waals surface area contributed by atoms with Crippen molar-refractivity contribution in [2.24, 2.45) is 10.2 Å². The summed E-state index contributed by atoms with van der Waals surface area (Å²) in [5.41, 5.74) is 0.220. The molecule has 0 bridgehead atoms. The van der Waals surface area contributed by atoms with Gasteiger partial charge in [0.05, 0.1) is 7.11 Å². The van der Waals surface area contributed by atoms with E-state index in [0.29, 0.717) is 5.57 Å². The fourth-order valence-corrected chi connectivity index (χ4v) is 1.98. The highest BCUT2D eigenvalue weighted by Gasteiger charge is 2.39. The van der Waals surface area contributed by atoms with Crippen LogP contribution < -0.4 is 0 Å². The number of hydrogen-bond acceptors (Lipinski definition) is 8. The van der Waals surface area contributed by atoms with Gasteiger partial charge in [0.1, 0.15) is 11.6 Å². The average molecular weight is 319 g/mol. The number of fused-ring (bicyclic) bond motifs is 1. The highest BCUT2D eigenvalue weighted by molar-refractivity contribution is 6.41. The normalized spacial score (nSPS) is 13.4. The van der Waals surface area contributed by atoms with Crippen LogP contribution in [0.15, 0.2) is 21.9 Å². The Morgan fingerprint density at radius 3 is 2.48 bits per heavy atom. The van der Waals surface area contributed by atoms with E-state index in [1.807, 2.05) is 0 Å². The van der Waals surface area contributed by atoms with Gasteiger partial charge < -0.3 is 9.84 Å². The van der Waals surface area contributed by atoms with Gasteiger partial charge in [0.25, 0.3) is 17.7 Å². The maximum Gasteiger partial charge on any atom is 0.375 e. The largest absolute Gasteiger partial charge is 0.493 e. The van der Waals surface area contributed by atoms with Gasteiger partial charge in [-0.2, -0.15) is 0 Å². The van der Waals surface area contributed by atoms with Crippen molar-refractivity contribution in [2.45, 2.75) is 19.8 Å². The minimum absolute atomic E-state index is 0.157. The second-order valence-electron chi connectivity index (χ2n) is 4.89. The number of hydrogen-bond donors (Lipinski definition) is 2. The fraction of sp³-hybridized carbons (Fsp3) is 0.308. The molecule has 10 heteroatoms. The standard InChI is InChI=1S/C13H13N5O5/c1-5(2)4-6(19)7(9(20)11(22)23-3)8-10(21)18-12(14)16-17-13(18)15-8/h4,7,14,21H,1-3H3/t7-/m0/s1. The first-order valence-electron chi connectivity index (χ1n) is 6.41. The smallest absolute Gasteiger partial charge is 0.375 e. The average Bonchev–Trinajstić information content (AvgIpc) is 2.99. The van der Waals surface area contributed by atoms with Crippen molar-refractivity contribution in [2.75, 3.05) is 7.11 Å². The Morgan fingerprint density at radius 1 is 1.30 bits per heavy atom. The zero-order valence-corrected chi connectivity index (χ0v) is 12.5. The maximum absolute atomic E-state index is 12.3. The molecular weight excluding hydrogens is 306 g/mol. The summed E-state index contributed by atoms with van der Waals surface area (Å²) in [5.74, 6) is -6.06. The summed E-state index contributed by atoms with van der Waals surface area (Å²) in [4.78, 5) is 39.8. The van der Waals surface area contributed by atoms with E-state index in [4.69, 9.17) is 5.41 Å². The van der Waals surface area contributed by atoms with E-state index in [0.717, 1.165) is 17.8 Å². The highest BCUT2D eigenvalue weighted by atomic mass is 16.5. The van der Waals surface area contributed by atoms with Crippen molar-refractivity contribution in [1.29, 1.82) is 5.41 Å². The number of azo groups is 1. The van der Waals surface area contributed by atoms with Crippen molar-refractivity contribution in [1.82, 2.24) is 9.55 Å². The maximum atomic E-state index is 12.3. The lowest BCUT2D eigenvalue weighted by Gasteiger charge is -2.10. The minimum Gasteiger partial charge on any atom is -0.493 e. The number of nitrogens with zero attached hydrogens (tertiary/aromatic N) is 4. The number of carbonyl (C=O) groups is 3. The SMILES string of the molecule is COC(=O)C(=O)[C@@H](C(=O)C=C(C)C)c1nc2n(c1O)C(=N)N=N2. The summed E-state index contributed by atoms with van der Waals surface area (Å²) >= 11 is 0. The van der Waals surface area contributed by atoms with Crippen LogP contribution in [0, 0.1) is 5.41 Å². The molecule has 1 aromatic heterocycles. The summed E-state index contributed by atoms with van der Waals surface area (Å²) in [6, 6.07) is 0. The Morgan fingerprint density at radius 2 is 1.96 bits per heavy atom. The molecule has 0 saturated carbocycles. The topological polar surface area (TPSA) is 147 Å². The zero-order valence-electron chi connectivity index (χ0n) is 12.5. The van der Waals surface area contributed by atoms with Crippen LogP contribution in [-0.4, -0.2) is 45.3 Å². The Hall–Kier alpha value is -3.17. The van der Waals surface area contributed by atoms with Gasteiger partial charge in [0.2, 0.25) is 5.88 Å². The number of imidazole rings is 1. The van der Waals surface area contributed by atoms with E-state index >= 15 is 0 Å². The van der Waals surface area contributed by atoms with E-state index in [2.05, 4.69) is 19.9 Å². The Kier molecular flexibility index (Phi) is 4.16. The lowest BCUT2D eigenvalue weighted by atomic mass is 9.94. The Labute approximate surface area is 130 Å². The number of nitrogens with one attached hydrogen (secondary N) is 1. The molecule has 0 unspecified atom stereocenters. The third-order valence-corrected chi connectivity index (χ3v) is 2.94. The lowest BCUT2D eigenvalue weighted by molar-refractivity contribution is -0.153. The van der Waals surface area contributed by atoms with Crippen molar-refractivity contribution < 1.29 is 24.2 Å². The van der Waals surface area contributed by atoms with Gasteiger partial charge in [-0.15, -0.1) is 10.2 Å². The molecule has 0 aliphatic carbocycles. The number of aromatic hydroxyl groups is 1. The number of esters is 1. The Bertz CT molecular complexity index is 785. The van der Waals surface area contributed by atoms with Crippen LogP contribution in [0.2, 0.25) is 0 Å². The molecule has 1 aliphatic heterocycles. The molecule has 0 spiro atoms. The molecular formula is C13H13N5O5. The molecule has 0 fully saturated rings. The van der Waals surface area contributed by atoms with Gasteiger partial charge in [-0.3, -0.25) is 15.0 Å². The van der Waals surface area contributed by atoms with E-state index in [9.17, 15) is 19.5 Å². The first-order valence-corrected chi connectivity index (χ1v) is 6.41. The predicted octanol–water partition coefficient (Wildman–Crippen LogP) is 0.830. The van der Waals surface area contributed by atoms with Gasteiger partial charge in [-0.05, 0) is 19.9 Å². The number of aromatic nitrogens is 2. The number of carbonyl (C=O) groups excluding carboxylic acids is 3. The molecule has 1 aliphatic rings. The van der Waals surface area contributed by atoms with Gasteiger partial charge >= 0.3 is 5.97 Å². The minimum atomic E-state index is -1.68. The molecule has 0 aromatic carbocycles. The first kappa shape index (κ1) is 16.2. The molecule has 23 heavy (non-hydrogen) atoms. The number of allylic oxidation sites excluding steroid dienone is 2. The van der Waals surface area contributed by atoms with Crippen molar-refractivity contribution in [3.05, 3.63) is 17.3 Å². The lowest BCUT2D eigenvalue weighted by Crippen LogP contribution is -2.29. The second-order valence-corrected chi connectivity index (χ2v) is 4.89. The van der Waals surface area contributed by atoms with Gasteiger partial charge in [-0.1, -0.05) is 5.57 Å². The number of rotatable bonds is 5. The number of ether oxygens (including phenoxy) is 1. The fourth-order valence-electron chi connectivity index (χ4n) is 1.98. The van der Waals surface area contributed by atoms with Crippen molar-refractivity contribution in [3.8, 4) is 5.88 Å². The summed E-state index contributed by atoms with van der Waals surface area (Å²) in [7, 11) is 1.000. The monoisotopic (exact) mass is 319 g/mol. The molecule has 2 N–H and O–H groups in total. The first-order chi connectivity index (χ1) is 10.8. The Balaban J connectivity index is 2.57. The zero-order chi connectivity index (χ0) is 17.3. The van der Waals surface area contributed by atoms with E-state index in [-0.39, 0.29) is 11.6 Å². The number of Topliss-reactive ketones (excluding diaryl/α,β-unsaturated/α-hetero) is 1. The number of methoxy groups -OCH3 is 1. The van der Waals surface area contributed by atoms with E-state index in [1.165, 1.54) is 0 Å². The van der Waals surface area contributed by atoms with Crippen LogP contribution in [0.5, 0.6) is 5.88 Å². The molecule has 0 radical (unpaired) electrons. The van der Waals surface area contributed by atoms with Crippen LogP contribution in [0.3, 0.4) is 0 Å². The molecule has 2 rings (SSSR count). The van der Waals surface area contributed by atoms with Crippen LogP contribution in [0.1, 0.15) is 25.5 Å². The van der Waals surface area contributed by atoms with E-state index in [1.54, 1.807) is 13.8 Å².